The van der Waals surface area contributed by atoms with Crippen LogP contribution < -0.4 is 9.46 Å². The minimum absolute atomic E-state index is 0.0183. The number of amides is 1. The maximum Gasteiger partial charge on any atom is 0.253 e. The van der Waals surface area contributed by atoms with Crippen molar-refractivity contribution in [2.24, 2.45) is 0 Å². The van der Waals surface area contributed by atoms with Crippen molar-refractivity contribution in [1.29, 1.82) is 0 Å². The van der Waals surface area contributed by atoms with Crippen molar-refractivity contribution < 1.29 is 22.7 Å². The van der Waals surface area contributed by atoms with Crippen molar-refractivity contribution in [2.75, 3.05) is 40.5 Å². The summed E-state index contributed by atoms with van der Waals surface area (Å²) in [6, 6.07) is 4.54. The zero-order valence-corrected chi connectivity index (χ0v) is 15.6. The predicted octanol–water partition coefficient (Wildman–Crippen LogP) is 1.64. The Labute approximate surface area is 149 Å². The number of ether oxygens (including phenoxy) is 2. The van der Waals surface area contributed by atoms with E-state index in [2.05, 4.69) is 4.72 Å². The first-order valence-electron chi connectivity index (χ1n) is 8.45. The second-order valence-corrected chi connectivity index (χ2v) is 7.70. The van der Waals surface area contributed by atoms with Crippen LogP contribution in [0.5, 0.6) is 5.75 Å². The molecule has 1 amide bonds. The Morgan fingerprint density at radius 1 is 1.20 bits per heavy atom. The molecule has 0 radical (unpaired) electrons. The third-order valence-corrected chi connectivity index (χ3v) is 5.64. The molecule has 0 aromatic heterocycles. The number of benzene rings is 1. The molecule has 1 aromatic rings. The van der Waals surface area contributed by atoms with Gasteiger partial charge in [0.05, 0.1) is 7.11 Å². The molecule has 7 nitrogen and oxygen atoms in total. The third kappa shape index (κ3) is 5.17. The predicted molar refractivity (Wildman–Crippen MR) is 94.4 cm³/mol. The fourth-order valence-electron chi connectivity index (χ4n) is 2.80. The molecule has 0 aliphatic carbocycles. The molecule has 0 spiro atoms. The Morgan fingerprint density at radius 2 is 1.92 bits per heavy atom. The summed E-state index contributed by atoms with van der Waals surface area (Å²) in [5.41, 5.74) is 0.361. The number of sulfonamides is 1. The summed E-state index contributed by atoms with van der Waals surface area (Å²) in [4.78, 5) is 14.4. The van der Waals surface area contributed by atoms with E-state index in [0.717, 1.165) is 19.3 Å². The quantitative estimate of drug-likeness (QED) is 0.703. The lowest BCUT2D eigenvalue weighted by Gasteiger charge is -2.27. The van der Waals surface area contributed by atoms with Gasteiger partial charge in [-0.3, -0.25) is 4.79 Å². The van der Waals surface area contributed by atoms with Crippen LogP contribution >= 0.6 is 0 Å². The van der Waals surface area contributed by atoms with E-state index in [4.69, 9.17) is 9.47 Å². The SMILES string of the molecule is COCCCNS(=O)(=O)c1cc(C(=O)N2CCCCC2)ccc1OC. The molecule has 1 aliphatic rings. The summed E-state index contributed by atoms with van der Waals surface area (Å²) in [6.45, 7) is 2.14. The lowest BCUT2D eigenvalue weighted by Crippen LogP contribution is -2.35. The molecule has 0 atom stereocenters. The van der Waals surface area contributed by atoms with Crippen LogP contribution in [0.25, 0.3) is 0 Å². The number of carbonyl (C=O) groups excluding carboxylic acids is 1. The van der Waals surface area contributed by atoms with Crippen LogP contribution in [0.4, 0.5) is 0 Å². The first kappa shape index (κ1) is 19.7. The maximum atomic E-state index is 12.6. The summed E-state index contributed by atoms with van der Waals surface area (Å²) >= 11 is 0. The molecule has 1 N–H and O–H groups in total. The monoisotopic (exact) mass is 370 g/mol. The summed E-state index contributed by atoms with van der Waals surface area (Å²) in [5.74, 6) is 0.0765. The van der Waals surface area contributed by atoms with Crippen LogP contribution in [0, 0.1) is 0 Å². The molecule has 1 saturated heterocycles. The lowest BCUT2D eigenvalue weighted by molar-refractivity contribution is 0.0724. The smallest absolute Gasteiger partial charge is 0.253 e. The lowest BCUT2D eigenvalue weighted by atomic mass is 10.1. The number of methoxy groups -OCH3 is 2. The number of nitrogens with zero attached hydrogens (tertiary/aromatic N) is 1. The first-order valence-corrected chi connectivity index (χ1v) is 9.94. The van der Waals surface area contributed by atoms with Crippen LogP contribution in [0.15, 0.2) is 23.1 Å². The van der Waals surface area contributed by atoms with E-state index in [1.165, 1.54) is 19.2 Å². The highest BCUT2D eigenvalue weighted by molar-refractivity contribution is 7.89. The fraction of sp³-hybridized carbons (Fsp3) is 0.588. The van der Waals surface area contributed by atoms with Crippen molar-refractivity contribution in [3.63, 3.8) is 0 Å². The molecule has 1 heterocycles. The van der Waals surface area contributed by atoms with E-state index in [0.29, 0.717) is 31.7 Å². The molecule has 0 saturated carbocycles. The van der Waals surface area contributed by atoms with Gasteiger partial charge >= 0.3 is 0 Å². The minimum atomic E-state index is -3.77. The Kier molecular flexibility index (Phi) is 7.22. The third-order valence-electron chi connectivity index (χ3n) is 4.16. The second kappa shape index (κ2) is 9.17. The summed E-state index contributed by atoms with van der Waals surface area (Å²) in [5, 5.41) is 0. The van der Waals surface area contributed by atoms with Gasteiger partial charge in [0.2, 0.25) is 10.0 Å². The molecule has 2 rings (SSSR count). The van der Waals surface area contributed by atoms with Gasteiger partial charge in [-0.2, -0.15) is 0 Å². The molecular formula is C17H26N2O5S. The van der Waals surface area contributed by atoms with Gasteiger partial charge in [0.15, 0.2) is 0 Å². The van der Waals surface area contributed by atoms with Gasteiger partial charge in [-0.25, -0.2) is 13.1 Å². The summed E-state index contributed by atoms with van der Waals surface area (Å²) < 4.78 is 37.7. The van der Waals surface area contributed by atoms with Crippen molar-refractivity contribution in [3.8, 4) is 5.75 Å². The average Bonchev–Trinajstić information content (AvgIpc) is 2.65. The minimum Gasteiger partial charge on any atom is -0.495 e. The average molecular weight is 370 g/mol. The molecule has 140 valence electrons. The van der Waals surface area contributed by atoms with E-state index >= 15 is 0 Å². The van der Waals surface area contributed by atoms with Crippen molar-refractivity contribution >= 4 is 15.9 Å². The van der Waals surface area contributed by atoms with E-state index < -0.39 is 10.0 Å². The highest BCUT2D eigenvalue weighted by atomic mass is 32.2. The van der Waals surface area contributed by atoms with E-state index in [-0.39, 0.29) is 23.1 Å². The number of likely N-dealkylation sites (tertiary alicyclic amines) is 1. The van der Waals surface area contributed by atoms with Crippen LogP contribution in [0.1, 0.15) is 36.0 Å². The van der Waals surface area contributed by atoms with Crippen molar-refractivity contribution in [3.05, 3.63) is 23.8 Å². The molecule has 25 heavy (non-hydrogen) atoms. The van der Waals surface area contributed by atoms with Crippen LogP contribution in [0.2, 0.25) is 0 Å². The van der Waals surface area contributed by atoms with Gasteiger partial charge in [-0.1, -0.05) is 0 Å². The number of rotatable bonds is 8. The van der Waals surface area contributed by atoms with Gasteiger partial charge in [-0.15, -0.1) is 0 Å². The zero-order chi connectivity index (χ0) is 18.3. The number of hydrogen-bond donors (Lipinski definition) is 1. The largest absolute Gasteiger partial charge is 0.495 e. The summed E-state index contributed by atoms with van der Waals surface area (Å²) in [6.07, 6.45) is 3.64. The van der Waals surface area contributed by atoms with Crippen molar-refractivity contribution in [1.82, 2.24) is 9.62 Å². The van der Waals surface area contributed by atoms with Gasteiger partial charge in [0, 0.05) is 38.9 Å². The molecular weight excluding hydrogens is 344 g/mol. The zero-order valence-electron chi connectivity index (χ0n) is 14.8. The van der Waals surface area contributed by atoms with E-state index in [1.54, 1.807) is 18.1 Å². The van der Waals surface area contributed by atoms with Crippen molar-refractivity contribution in [2.45, 2.75) is 30.6 Å². The number of piperidine rings is 1. The van der Waals surface area contributed by atoms with E-state index in [1.807, 2.05) is 0 Å². The molecule has 1 aliphatic heterocycles. The highest BCUT2D eigenvalue weighted by Gasteiger charge is 2.24. The molecule has 8 heteroatoms. The van der Waals surface area contributed by atoms with Crippen LogP contribution in [0.3, 0.4) is 0 Å². The molecule has 0 bridgehead atoms. The molecule has 0 unspecified atom stereocenters. The van der Waals surface area contributed by atoms with Crippen LogP contribution in [-0.2, 0) is 14.8 Å². The number of nitrogens with one attached hydrogen (secondary N) is 1. The Morgan fingerprint density at radius 3 is 2.56 bits per heavy atom. The summed E-state index contributed by atoms with van der Waals surface area (Å²) in [7, 11) is -0.801. The highest BCUT2D eigenvalue weighted by Crippen LogP contribution is 2.26. The normalized spacial score (nSPS) is 15.2. The molecule has 1 fully saturated rings. The van der Waals surface area contributed by atoms with Gasteiger partial charge in [0.1, 0.15) is 10.6 Å². The standard InChI is InChI=1S/C17H26N2O5S/c1-23-12-6-9-18-25(21,22)16-13-14(7-8-15(16)24-2)17(20)19-10-4-3-5-11-19/h7-8,13,18H,3-6,9-12H2,1-2H3. The Hall–Kier alpha value is -1.64. The maximum absolute atomic E-state index is 12.6. The Bertz CT molecular complexity index is 684. The molecule has 1 aromatic carbocycles. The first-order chi connectivity index (χ1) is 12.0. The topological polar surface area (TPSA) is 84.9 Å². The van der Waals surface area contributed by atoms with Gasteiger partial charge < -0.3 is 14.4 Å². The van der Waals surface area contributed by atoms with Gasteiger partial charge in [0.25, 0.3) is 5.91 Å². The van der Waals surface area contributed by atoms with Crippen LogP contribution in [-0.4, -0.2) is 59.7 Å². The second-order valence-electron chi connectivity index (χ2n) is 5.96. The van der Waals surface area contributed by atoms with E-state index in [9.17, 15) is 13.2 Å². The number of hydrogen-bond acceptors (Lipinski definition) is 5. The van der Waals surface area contributed by atoms with Gasteiger partial charge in [-0.05, 0) is 43.9 Å². The number of carbonyl (C=O) groups is 1. The Balaban J connectivity index is 2.22. The fourth-order valence-corrected chi connectivity index (χ4v) is 4.07.